The van der Waals surface area contributed by atoms with Crippen LogP contribution in [-0.4, -0.2) is 18.1 Å². The highest BCUT2D eigenvalue weighted by Crippen LogP contribution is 2.29. The molecule has 7 nitrogen and oxygen atoms in total. The van der Waals surface area contributed by atoms with Crippen molar-refractivity contribution in [3.63, 3.8) is 0 Å². The lowest BCUT2D eigenvalue weighted by Gasteiger charge is -2.11. The first-order chi connectivity index (χ1) is 10.5. The van der Waals surface area contributed by atoms with E-state index in [1.165, 1.54) is 25.3 Å². The topological polar surface area (TPSA) is 93.5 Å². The Kier molecular flexibility index (Phi) is 4.57. The van der Waals surface area contributed by atoms with Gasteiger partial charge >= 0.3 is 6.03 Å². The number of carbonyl (C=O) groups is 1. The Hall–Kier alpha value is -3.09. The lowest BCUT2D eigenvalue weighted by Crippen LogP contribution is -2.19. The zero-order valence-corrected chi connectivity index (χ0v) is 12.1. The number of aryl methyl sites for hydroxylation is 1. The number of anilines is 2. The molecule has 0 unspecified atom stereocenters. The fourth-order valence-corrected chi connectivity index (χ4v) is 1.90. The monoisotopic (exact) mass is 301 g/mol. The summed E-state index contributed by atoms with van der Waals surface area (Å²) >= 11 is 0. The average molecular weight is 301 g/mol. The van der Waals surface area contributed by atoms with Crippen molar-refractivity contribution in [2.45, 2.75) is 6.92 Å². The van der Waals surface area contributed by atoms with Gasteiger partial charge in [-0.25, -0.2) is 4.79 Å². The van der Waals surface area contributed by atoms with E-state index < -0.39 is 11.0 Å². The quantitative estimate of drug-likeness (QED) is 0.667. The van der Waals surface area contributed by atoms with E-state index in [9.17, 15) is 14.9 Å². The summed E-state index contributed by atoms with van der Waals surface area (Å²) in [6.07, 6.45) is 0. The highest BCUT2D eigenvalue weighted by Gasteiger charge is 2.13. The molecule has 0 spiro atoms. The summed E-state index contributed by atoms with van der Waals surface area (Å²) < 4.78 is 5.06. The summed E-state index contributed by atoms with van der Waals surface area (Å²) in [5.74, 6) is 0.216. The van der Waals surface area contributed by atoms with E-state index in [-0.39, 0.29) is 11.4 Å². The highest BCUT2D eigenvalue weighted by atomic mass is 16.6. The van der Waals surface area contributed by atoms with Gasteiger partial charge in [0, 0.05) is 11.8 Å². The molecule has 0 aliphatic carbocycles. The van der Waals surface area contributed by atoms with Gasteiger partial charge in [-0.05, 0) is 30.7 Å². The minimum atomic E-state index is -0.529. The van der Waals surface area contributed by atoms with Crippen molar-refractivity contribution in [3.8, 4) is 5.75 Å². The Morgan fingerprint density at radius 2 is 1.95 bits per heavy atom. The van der Waals surface area contributed by atoms with E-state index in [0.29, 0.717) is 11.4 Å². The zero-order chi connectivity index (χ0) is 16.1. The molecule has 0 radical (unpaired) electrons. The van der Waals surface area contributed by atoms with Gasteiger partial charge in [0.15, 0.2) is 0 Å². The van der Waals surface area contributed by atoms with Crippen LogP contribution in [0.2, 0.25) is 0 Å². The number of hydrogen-bond acceptors (Lipinski definition) is 4. The molecule has 7 heteroatoms. The number of nitrogens with zero attached hydrogens (tertiary/aromatic N) is 1. The predicted molar refractivity (Wildman–Crippen MR) is 83.5 cm³/mol. The van der Waals surface area contributed by atoms with Gasteiger partial charge < -0.3 is 15.4 Å². The number of nitro groups is 1. The molecule has 0 aromatic heterocycles. The Morgan fingerprint density at radius 1 is 1.18 bits per heavy atom. The number of nitro benzene ring substituents is 1. The number of amides is 2. The van der Waals surface area contributed by atoms with E-state index in [4.69, 9.17) is 4.74 Å². The van der Waals surface area contributed by atoms with E-state index in [0.717, 1.165) is 5.56 Å². The first-order valence-corrected chi connectivity index (χ1v) is 6.46. The van der Waals surface area contributed by atoms with Crippen LogP contribution in [0.5, 0.6) is 5.75 Å². The predicted octanol–water partition coefficient (Wildman–Crippen LogP) is 3.56. The van der Waals surface area contributed by atoms with Gasteiger partial charge in [-0.3, -0.25) is 10.1 Å². The molecule has 0 aliphatic heterocycles. The van der Waals surface area contributed by atoms with Crippen LogP contribution in [-0.2, 0) is 0 Å². The van der Waals surface area contributed by atoms with Gasteiger partial charge in [-0.15, -0.1) is 0 Å². The number of benzene rings is 2. The van der Waals surface area contributed by atoms with Gasteiger partial charge in [0.2, 0.25) is 0 Å². The molecule has 0 fully saturated rings. The van der Waals surface area contributed by atoms with E-state index in [2.05, 4.69) is 10.6 Å². The van der Waals surface area contributed by atoms with E-state index >= 15 is 0 Å². The van der Waals surface area contributed by atoms with Crippen LogP contribution in [0.1, 0.15) is 5.56 Å². The van der Waals surface area contributed by atoms with Crippen LogP contribution in [0.4, 0.5) is 21.9 Å². The number of methoxy groups -OCH3 is 1. The first-order valence-electron chi connectivity index (χ1n) is 6.46. The van der Waals surface area contributed by atoms with Gasteiger partial charge in [-0.2, -0.15) is 0 Å². The number of rotatable bonds is 4. The van der Waals surface area contributed by atoms with Gasteiger partial charge in [0.25, 0.3) is 5.69 Å². The van der Waals surface area contributed by atoms with Gasteiger partial charge in [0.1, 0.15) is 5.75 Å². The molecule has 0 saturated heterocycles. The maximum absolute atomic E-state index is 12.0. The molecule has 0 heterocycles. The molecule has 114 valence electrons. The molecule has 2 amide bonds. The van der Waals surface area contributed by atoms with Crippen molar-refractivity contribution in [2.24, 2.45) is 0 Å². The second-order valence-electron chi connectivity index (χ2n) is 4.59. The number of ether oxygens (including phenoxy) is 1. The second kappa shape index (κ2) is 6.57. The smallest absolute Gasteiger partial charge is 0.323 e. The third-order valence-corrected chi connectivity index (χ3v) is 2.92. The van der Waals surface area contributed by atoms with Crippen LogP contribution >= 0.6 is 0 Å². The maximum Gasteiger partial charge on any atom is 0.323 e. The Bertz CT molecular complexity index is 716. The molecule has 0 bridgehead atoms. The lowest BCUT2D eigenvalue weighted by molar-refractivity contribution is -0.384. The maximum atomic E-state index is 12.0. The minimum Gasteiger partial charge on any atom is -0.494 e. The minimum absolute atomic E-state index is 0.110. The molecule has 2 rings (SSSR count). The van der Waals surface area contributed by atoms with Crippen molar-refractivity contribution >= 4 is 23.1 Å². The van der Waals surface area contributed by atoms with Crippen LogP contribution in [0, 0.1) is 17.0 Å². The highest BCUT2D eigenvalue weighted by molar-refractivity contribution is 6.00. The molecule has 2 aromatic rings. The first kappa shape index (κ1) is 15.3. The van der Waals surface area contributed by atoms with Crippen molar-refractivity contribution in [1.82, 2.24) is 0 Å². The third-order valence-electron chi connectivity index (χ3n) is 2.92. The second-order valence-corrected chi connectivity index (χ2v) is 4.59. The number of carbonyl (C=O) groups excluding carboxylic acids is 1. The van der Waals surface area contributed by atoms with Crippen LogP contribution in [0.15, 0.2) is 42.5 Å². The summed E-state index contributed by atoms with van der Waals surface area (Å²) in [6, 6.07) is 10.9. The number of nitrogens with one attached hydrogen (secondary N) is 2. The molecule has 2 N–H and O–H groups in total. The molecule has 2 aromatic carbocycles. The molecule has 0 atom stereocenters. The Morgan fingerprint density at radius 3 is 2.59 bits per heavy atom. The molecular formula is C15H15N3O4. The molecule has 22 heavy (non-hydrogen) atoms. The number of urea groups is 1. The fourth-order valence-electron chi connectivity index (χ4n) is 1.90. The normalized spacial score (nSPS) is 9.91. The van der Waals surface area contributed by atoms with E-state index in [1.54, 1.807) is 6.07 Å². The zero-order valence-electron chi connectivity index (χ0n) is 12.1. The number of hydrogen-bond donors (Lipinski definition) is 2. The Balaban J connectivity index is 2.12. The molecule has 0 saturated carbocycles. The molecule has 0 aliphatic rings. The van der Waals surface area contributed by atoms with Crippen LogP contribution < -0.4 is 15.4 Å². The van der Waals surface area contributed by atoms with Crippen LogP contribution in [0.25, 0.3) is 0 Å². The summed E-state index contributed by atoms with van der Waals surface area (Å²) in [4.78, 5) is 22.2. The van der Waals surface area contributed by atoms with Gasteiger partial charge in [0.05, 0.1) is 23.8 Å². The number of non-ortho nitro benzene ring substituents is 1. The fraction of sp³-hybridized carbons (Fsp3) is 0.133. The Labute approximate surface area is 127 Å². The SMILES string of the molecule is COc1cc([N+](=O)[O-])ccc1NC(=O)Nc1cccc(C)c1. The van der Waals surface area contributed by atoms with Crippen molar-refractivity contribution in [1.29, 1.82) is 0 Å². The summed E-state index contributed by atoms with van der Waals surface area (Å²) in [7, 11) is 1.38. The average Bonchev–Trinajstić information content (AvgIpc) is 2.47. The van der Waals surface area contributed by atoms with Crippen molar-refractivity contribution < 1.29 is 14.5 Å². The van der Waals surface area contributed by atoms with Crippen molar-refractivity contribution in [2.75, 3.05) is 17.7 Å². The standard InChI is InChI=1S/C15H15N3O4/c1-10-4-3-5-11(8-10)16-15(19)17-13-7-6-12(18(20)21)9-14(13)22-2/h3-9H,1-2H3,(H2,16,17,19). The van der Waals surface area contributed by atoms with E-state index in [1.807, 2.05) is 25.1 Å². The van der Waals surface area contributed by atoms with Crippen molar-refractivity contribution in [3.05, 3.63) is 58.1 Å². The summed E-state index contributed by atoms with van der Waals surface area (Å²) in [5, 5.41) is 16.0. The molecular weight excluding hydrogens is 286 g/mol. The van der Waals surface area contributed by atoms with Gasteiger partial charge in [-0.1, -0.05) is 12.1 Å². The summed E-state index contributed by atoms with van der Waals surface area (Å²) in [5.41, 5.74) is 1.91. The lowest BCUT2D eigenvalue weighted by atomic mass is 10.2. The van der Waals surface area contributed by atoms with Crippen LogP contribution in [0.3, 0.4) is 0 Å². The summed E-state index contributed by atoms with van der Waals surface area (Å²) in [6.45, 7) is 1.92. The largest absolute Gasteiger partial charge is 0.494 e. The third kappa shape index (κ3) is 3.72.